The van der Waals surface area contributed by atoms with Gasteiger partial charge in [-0.2, -0.15) is 0 Å². The molecule has 47 heavy (non-hydrogen) atoms. The van der Waals surface area contributed by atoms with Gasteiger partial charge < -0.3 is 8.97 Å². The molecule has 244 valence electrons. The van der Waals surface area contributed by atoms with Gasteiger partial charge in [0.2, 0.25) is 0 Å². The zero-order valence-corrected chi connectivity index (χ0v) is 31.9. The van der Waals surface area contributed by atoms with Gasteiger partial charge in [-0.25, -0.2) is 0 Å². The summed E-state index contributed by atoms with van der Waals surface area (Å²) in [5.74, 6) is 0. The third-order valence-corrected chi connectivity index (χ3v) is 18.0. The molecule has 2 nitrogen and oxygen atoms in total. The predicted molar refractivity (Wildman–Crippen MR) is 207 cm³/mol. The van der Waals surface area contributed by atoms with Gasteiger partial charge >= 0.3 is 0 Å². The van der Waals surface area contributed by atoms with Crippen molar-refractivity contribution in [2.24, 2.45) is 0 Å². The number of nitrogens with zero attached hydrogens (tertiary/aromatic N) is 1. The van der Waals surface area contributed by atoms with Crippen LogP contribution in [-0.2, 0) is 4.74 Å². The monoisotopic (exact) mass is 655 g/mol. The van der Waals surface area contributed by atoms with Crippen molar-refractivity contribution in [3.05, 3.63) is 119 Å². The second kappa shape index (κ2) is 12.1. The van der Waals surface area contributed by atoms with Crippen LogP contribution in [0.15, 0.2) is 91.0 Å². The van der Waals surface area contributed by atoms with E-state index in [9.17, 15) is 0 Å². The molecule has 7 rings (SSSR count). The fraction of sp³-hybridized carbons (Fsp3) is 0.395. The van der Waals surface area contributed by atoms with Crippen molar-refractivity contribution in [3.63, 3.8) is 0 Å². The molecule has 4 aromatic carbocycles. The highest BCUT2D eigenvalue weighted by atomic mass is 28.3. The van der Waals surface area contributed by atoms with E-state index in [0.29, 0.717) is 11.1 Å². The van der Waals surface area contributed by atoms with Gasteiger partial charge in [0, 0.05) is 39.8 Å². The van der Waals surface area contributed by atoms with Gasteiger partial charge in [0.15, 0.2) is 8.24 Å². The van der Waals surface area contributed by atoms with E-state index in [1.54, 1.807) is 22.3 Å². The van der Waals surface area contributed by atoms with E-state index in [2.05, 4.69) is 149 Å². The number of hydrogen-bond acceptors (Lipinski definition) is 1. The van der Waals surface area contributed by atoms with Gasteiger partial charge in [0.25, 0.3) is 0 Å². The summed E-state index contributed by atoms with van der Waals surface area (Å²) in [5.41, 5.74) is 15.9. The summed E-state index contributed by atoms with van der Waals surface area (Å²) in [5, 5.41) is 1.50. The molecule has 2 aliphatic rings. The van der Waals surface area contributed by atoms with Crippen molar-refractivity contribution in [2.75, 3.05) is 6.61 Å². The molecule has 0 spiro atoms. The number of rotatable bonds is 10. The van der Waals surface area contributed by atoms with E-state index in [1.807, 2.05) is 0 Å². The standard InChI is InChI=1S/C43H53NOSi2/c1-30-25-26-38-37(29-30)39-40(44(38)46(5,6)7)33-21-13-16-24-36(33)42(39)47(8,28-18-10-9-17-27-45-43(2,3)4)41-34-22-14-11-19-31(34)32-20-12-15-23-35(32)41/h11-16,19-26,29,41-42H,9-10,17-18,27-28H2,1-8H3. The van der Waals surface area contributed by atoms with E-state index >= 15 is 0 Å². The molecule has 0 N–H and O–H groups in total. The zero-order chi connectivity index (χ0) is 33.1. The third kappa shape index (κ3) is 5.60. The van der Waals surface area contributed by atoms with Gasteiger partial charge in [-0.3, -0.25) is 0 Å². The van der Waals surface area contributed by atoms with Gasteiger partial charge in [0.05, 0.1) is 13.7 Å². The highest BCUT2D eigenvalue weighted by molar-refractivity contribution is 6.83. The Balaban J connectivity index is 1.40. The molecule has 1 heterocycles. The minimum Gasteiger partial charge on any atom is -0.376 e. The lowest BCUT2D eigenvalue weighted by Crippen LogP contribution is -2.45. The van der Waals surface area contributed by atoms with Crippen LogP contribution < -0.4 is 0 Å². The van der Waals surface area contributed by atoms with E-state index < -0.39 is 16.3 Å². The Hall–Kier alpha value is -3.19. The van der Waals surface area contributed by atoms with Gasteiger partial charge in [-0.1, -0.05) is 136 Å². The Morgan fingerprint density at radius 2 is 1.21 bits per heavy atom. The lowest BCUT2D eigenvalue weighted by atomic mass is 10.1. The number of unbranched alkanes of at least 4 members (excludes halogenated alkanes) is 3. The van der Waals surface area contributed by atoms with Crippen LogP contribution in [0.4, 0.5) is 0 Å². The molecule has 0 fully saturated rings. The maximum absolute atomic E-state index is 6.09. The Kier molecular flexibility index (Phi) is 8.30. The van der Waals surface area contributed by atoms with Gasteiger partial charge in [-0.05, 0) is 79.6 Å². The average Bonchev–Trinajstić information content (AvgIpc) is 3.66. The van der Waals surface area contributed by atoms with Crippen LogP contribution >= 0.6 is 0 Å². The van der Waals surface area contributed by atoms with Crippen LogP contribution in [0.3, 0.4) is 0 Å². The first-order valence-corrected chi connectivity index (χ1v) is 24.3. The van der Waals surface area contributed by atoms with Crippen molar-refractivity contribution in [1.29, 1.82) is 0 Å². The zero-order valence-electron chi connectivity index (χ0n) is 29.9. The molecule has 1 aromatic heterocycles. The van der Waals surface area contributed by atoms with Crippen LogP contribution in [0, 0.1) is 6.92 Å². The predicted octanol–water partition coefficient (Wildman–Crippen LogP) is 12.1. The Morgan fingerprint density at radius 3 is 1.81 bits per heavy atom. The molecule has 0 bridgehead atoms. The van der Waals surface area contributed by atoms with Crippen molar-refractivity contribution in [1.82, 2.24) is 4.23 Å². The van der Waals surface area contributed by atoms with Crippen molar-refractivity contribution >= 4 is 27.2 Å². The van der Waals surface area contributed by atoms with Crippen LogP contribution in [0.25, 0.3) is 33.3 Å². The Labute approximate surface area is 285 Å². The fourth-order valence-corrected chi connectivity index (χ4v) is 16.7. The Morgan fingerprint density at radius 1 is 0.660 bits per heavy atom. The van der Waals surface area contributed by atoms with Gasteiger partial charge in [-0.15, -0.1) is 0 Å². The van der Waals surface area contributed by atoms with E-state index in [0.717, 1.165) is 13.0 Å². The number of benzene rings is 4. The van der Waals surface area contributed by atoms with Crippen molar-refractivity contribution < 1.29 is 4.74 Å². The fourth-order valence-electron chi connectivity index (χ4n) is 9.15. The molecule has 2 atom stereocenters. The molecule has 0 saturated heterocycles. The first-order chi connectivity index (χ1) is 22.4. The summed E-state index contributed by atoms with van der Waals surface area (Å²) in [6.07, 6.45) is 4.92. The summed E-state index contributed by atoms with van der Waals surface area (Å²) in [7, 11) is -3.96. The van der Waals surface area contributed by atoms with Crippen LogP contribution in [0.5, 0.6) is 0 Å². The molecule has 0 saturated carbocycles. The maximum atomic E-state index is 6.09. The molecule has 4 heteroatoms. The highest BCUT2D eigenvalue weighted by Gasteiger charge is 2.53. The number of ether oxygens (including phenoxy) is 1. The first-order valence-electron chi connectivity index (χ1n) is 18.0. The number of aryl methyl sites for hydroxylation is 1. The van der Waals surface area contributed by atoms with Gasteiger partial charge in [0.1, 0.15) is 0 Å². The highest BCUT2D eigenvalue weighted by Crippen LogP contribution is 2.61. The lowest BCUT2D eigenvalue weighted by Gasteiger charge is -2.41. The minimum atomic E-state index is -2.20. The molecule has 2 unspecified atom stereocenters. The molecule has 0 aliphatic heterocycles. The molecular formula is C43H53NOSi2. The second-order valence-electron chi connectivity index (χ2n) is 16.5. The van der Waals surface area contributed by atoms with Crippen molar-refractivity contribution in [3.8, 4) is 22.4 Å². The summed E-state index contributed by atoms with van der Waals surface area (Å²) < 4.78 is 8.90. The normalized spacial score (nSPS) is 17.0. The molecule has 5 aromatic rings. The molecule has 0 amide bonds. The summed E-state index contributed by atoms with van der Waals surface area (Å²) in [4.78, 5) is 0. The number of fused-ring (bicyclic) bond motifs is 8. The lowest BCUT2D eigenvalue weighted by molar-refractivity contribution is -0.00471. The minimum absolute atomic E-state index is 0.0598. The Bertz CT molecular complexity index is 1890. The first kappa shape index (κ1) is 32.4. The SMILES string of the molecule is Cc1ccc2c(c1)c1c(n2[Si](C)(C)C)-c2ccccc2C1[Si](C)(CCCCCCOC(C)(C)C)C1c2ccccc2-c2ccccc21. The van der Waals surface area contributed by atoms with E-state index in [1.165, 1.54) is 64.2 Å². The average molecular weight is 656 g/mol. The quantitative estimate of drug-likeness (QED) is 0.108. The number of hydrogen-bond donors (Lipinski definition) is 0. The summed E-state index contributed by atoms with van der Waals surface area (Å²) >= 11 is 0. The smallest absolute Gasteiger partial charge is 0.153 e. The van der Waals surface area contributed by atoms with Crippen molar-refractivity contribution in [2.45, 2.75) is 102 Å². The van der Waals surface area contributed by atoms with Crippen LogP contribution in [0.2, 0.25) is 32.2 Å². The second-order valence-corrected chi connectivity index (χ2v) is 26.0. The topological polar surface area (TPSA) is 14.2 Å². The number of aromatic nitrogens is 1. The third-order valence-electron chi connectivity index (χ3n) is 10.9. The van der Waals surface area contributed by atoms with E-state index in [4.69, 9.17) is 4.74 Å². The molecular weight excluding hydrogens is 603 g/mol. The van der Waals surface area contributed by atoms with Crippen LogP contribution in [0.1, 0.15) is 85.4 Å². The molecule has 0 radical (unpaired) electrons. The molecule has 2 aliphatic carbocycles. The largest absolute Gasteiger partial charge is 0.376 e. The summed E-state index contributed by atoms with van der Waals surface area (Å²) in [6.45, 7) is 20.0. The van der Waals surface area contributed by atoms with E-state index in [-0.39, 0.29) is 5.60 Å². The maximum Gasteiger partial charge on any atom is 0.153 e. The summed E-state index contributed by atoms with van der Waals surface area (Å²) in [6, 6.07) is 36.9. The van der Waals surface area contributed by atoms with Crippen LogP contribution in [-0.4, -0.2) is 32.7 Å².